The third-order valence-electron chi connectivity index (χ3n) is 3.96. The Balaban J connectivity index is 1.75. The van der Waals surface area contributed by atoms with E-state index >= 15 is 0 Å². The Morgan fingerprint density at radius 2 is 1.68 bits per heavy atom. The molecule has 22 heavy (non-hydrogen) atoms. The van der Waals surface area contributed by atoms with Gasteiger partial charge in [-0.05, 0) is 5.56 Å². The molecule has 2 bridgehead atoms. The van der Waals surface area contributed by atoms with E-state index in [9.17, 15) is 14.7 Å². The number of carbonyl (C=O) groups is 2. The van der Waals surface area contributed by atoms with Gasteiger partial charge in [0.2, 0.25) is 5.91 Å². The number of halogens is 2. The molecule has 1 fully saturated rings. The van der Waals surface area contributed by atoms with Crippen molar-refractivity contribution in [3.8, 4) is 0 Å². The molecule has 2 N–H and O–H groups in total. The molecule has 0 saturated carbocycles. The van der Waals surface area contributed by atoms with Crippen LogP contribution in [0.5, 0.6) is 0 Å². The fraction of sp³-hybridized carbons (Fsp3) is 0.333. The quantitative estimate of drug-likeness (QED) is 0.769. The monoisotopic (exact) mass is 429 g/mol. The van der Waals surface area contributed by atoms with Crippen molar-refractivity contribution in [1.82, 2.24) is 5.32 Å². The van der Waals surface area contributed by atoms with Crippen LogP contribution in [0.15, 0.2) is 39.3 Å². The number of benzene rings is 1. The predicted molar refractivity (Wildman–Crippen MR) is 86.4 cm³/mol. The summed E-state index contributed by atoms with van der Waals surface area (Å²) in [5.74, 6) is -2.94. The molecule has 2 aliphatic rings. The summed E-state index contributed by atoms with van der Waals surface area (Å²) >= 11 is 6.71. The lowest BCUT2D eigenvalue weighted by molar-refractivity contribution is -0.146. The highest BCUT2D eigenvalue weighted by atomic mass is 79.9. The molecule has 0 radical (unpaired) electrons. The summed E-state index contributed by atoms with van der Waals surface area (Å²) < 4.78 is 7.04. The van der Waals surface area contributed by atoms with Crippen LogP contribution in [0.3, 0.4) is 0 Å². The summed E-state index contributed by atoms with van der Waals surface area (Å²) in [5, 5.41) is 12.2. The lowest BCUT2D eigenvalue weighted by Gasteiger charge is -2.24. The molecule has 1 saturated heterocycles. The Morgan fingerprint density at radius 3 is 2.27 bits per heavy atom. The molecule has 1 aromatic rings. The minimum atomic E-state index is -1.02. The van der Waals surface area contributed by atoms with Crippen molar-refractivity contribution in [2.75, 3.05) is 0 Å². The van der Waals surface area contributed by atoms with Crippen molar-refractivity contribution in [2.24, 2.45) is 11.8 Å². The third kappa shape index (κ3) is 2.61. The van der Waals surface area contributed by atoms with Gasteiger partial charge in [-0.25, -0.2) is 0 Å². The smallest absolute Gasteiger partial charge is 0.310 e. The lowest BCUT2D eigenvalue weighted by Crippen LogP contribution is -2.43. The molecule has 2 aliphatic heterocycles. The van der Waals surface area contributed by atoms with E-state index in [1.807, 2.05) is 30.3 Å². The van der Waals surface area contributed by atoms with Gasteiger partial charge in [0, 0.05) is 15.5 Å². The molecular formula is C15H13Br2NO4. The SMILES string of the molecule is O=C(O)C1C2OC(C(Br)=C2Br)C1C(=O)NCc1ccccc1. The van der Waals surface area contributed by atoms with Gasteiger partial charge in [-0.3, -0.25) is 9.59 Å². The van der Waals surface area contributed by atoms with E-state index in [0.717, 1.165) is 10.0 Å². The summed E-state index contributed by atoms with van der Waals surface area (Å²) in [6.07, 6.45) is -1.15. The fourth-order valence-electron chi connectivity index (χ4n) is 2.90. The van der Waals surface area contributed by atoms with Crippen LogP contribution in [-0.2, 0) is 20.9 Å². The number of hydrogen-bond donors (Lipinski definition) is 2. The molecule has 5 nitrogen and oxygen atoms in total. The maximum atomic E-state index is 12.5. The number of fused-ring (bicyclic) bond motifs is 2. The molecule has 4 atom stereocenters. The van der Waals surface area contributed by atoms with Gasteiger partial charge in [0.1, 0.15) is 18.1 Å². The second kappa shape index (κ2) is 6.14. The van der Waals surface area contributed by atoms with Gasteiger partial charge >= 0.3 is 5.97 Å². The van der Waals surface area contributed by atoms with Crippen LogP contribution in [0.1, 0.15) is 5.56 Å². The highest BCUT2D eigenvalue weighted by Gasteiger charge is 2.58. The van der Waals surface area contributed by atoms with Crippen LogP contribution in [0, 0.1) is 11.8 Å². The fourth-order valence-corrected chi connectivity index (χ4v) is 4.13. The molecule has 2 heterocycles. The number of carboxylic acids is 1. The van der Waals surface area contributed by atoms with Crippen molar-refractivity contribution >= 4 is 43.7 Å². The summed E-state index contributed by atoms with van der Waals surface area (Å²) in [4.78, 5) is 24.0. The van der Waals surface area contributed by atoms with Crippen molar-refractivity contribution in [3.63, 3.8) is 0 Å². The number of nitrogens with one attached hydrogen (secondary N) is 1. The maximum Gasteiger partial charge on any atom is 0.310 e. The number of rotatable bonds is 4. The average Bonchev–Trinajstić information content (AvgIpc) is 3.03. The molecule has 1 amide bonds. The number of carboxylic acid groups (broad SMARTS) is 1. The van der Waals surface area contributed by atoms with E-state index in [-0.39, 0.29) is 5.91 Å². The number of aliphatic carboxylic acids is 1. The molecule has 0 aromatic heterocycles. The maximum absolute atomic E-state index is 12.5. The van der Waals surface area contributed by atoms with E-state index in [1.54, 1.807) is 0 Å². The number of amides is 1. The van der Waals surface area contributed by atoms with Gasteiger partial charge in [-0.15, -0.1) is 0 Å². The van der Waals surface area contributed by atoms with Crippen LogP contribution in [0.4, 0.5) is 0 Å². The Morgan fingerprint density at radius 1 is 1.09 bits per heavy atom. The van der Waals surface area contributed by atoms with Crippen molar-refractivity contribution in [2.45, 2.75) is 18.8 Å². The molecule has 0 aliphatic carbocycles. The Bertz CT molecular complexity index is 646. The number of ether oxygens (including phenoxy) is 1. The molecule has 3 rings (SSSR count). The van der Waals surface area contributed by atoms with Gasteiger partial charge in [0.25, 0.3) is 0 Å². The van der Waals surface area contributed by atoms with E-state index in [0.29, 0.717) is 11.0 Å². The van der Waals surface area contributed by atoms with Gasteiger partial charge in [0.05, 0.1) is 5.92 Å². The highest BCUT2D eigenvalue weighted by molar-refractivity contribution is 9.14. The molecule has 116 valence electrons. The Kier molecular flexibility index (Phi) is 4.38. The van der Waals surface area contributed by atoms with E-state index in [4.69, 9.17) is 4.74 Å². The summed E-state index contributed by atoms with van der Waals surface area (Å²) in [6, 6.07) is 9.48. The van der Waals surface area contributed by atoms with Crippen LogP contribution in [-0.4, -0.2) is 29.2 Å². The zero-order valence-corrected chi connectivity index (χ0v) is 14.5. The molecule has 4 unspecified atom stereocenters. The molecule has 1 aromatic carbocycles. The normalized spacial score (nSPS) is 29.7. The van der Waals surface area contributed by atoms with E-state index in [2.05, 4.69) is 37.2 Å². The first-order chi connectivity index (χ1) is 10.5. The standard InChI is InChI=1S/C15H13Br2NO4/c16-10-11(17)13-9(15(20)21)8(12(10)22-13)14(19)18-6-7-4-2-1-3-5-7/h1-5,8-9,12-13H,6H2,(H,18,19)(H,20,21). The Hall–Kier alpha value is -1.18. The third-order valence-corrected chi connectivity index (χ3v) is 6.25. The predicted octanol–water partition coefficient (Wildman–Crippen LogP) is 2.40. The summed E-state index contributed by atoms with van der Waals surface area (Å²) in [6.45, 7) is 0.363. The Labute approximate surface area is 144 Å². The summed E-state index contributed by atoms with van der Waals surface area (Å²) in [5.41, 5.74) is 0.961. The van der Waals surface area contributed by atoms with Gasteiger partial charge in [-0.1, -0.05) is 62.2 Å². The van der Waals surface area contributed by atoms with Gasteiger partial charge in [0.15, 0.2) is 0 Å². The van der Waals surface area contributed by atoms with Gasteiger partial charge < -0.3 is 15.2 Å². The van der Waals surface area contributed by atoms with Crippen LogP contribution < -0.4 is 5.32 Å². The second-order valence-corrected chi connectivity index (χ2v) is 6.98. The van der Waals surface area contributed by atoms with Crippen molar-refractivity contribution in [3.05, 3.63) is 44.9 Å². The number of hydrogen-bond acceptors (Lipinski definition) is 3. The van der Waals surface area contributed by atoms with Crippen molar-refractivity contribution in [1.29, 1.82) is 0 Å². The van der Waals surface area contributed by atoms with Crippen LogP contribution in [0.2, 0.25) is 0 Å². The van der Waals surface area contributed by atoms with Crippen LogP contribution >= 0.6 is 31.9 Å². The molecule has 0 spiro atoms. The molecular weight excluding hydrogens is 418 g/mol. The van der Waals surface area contributed by atoms with Crippen LogP contribution in [0.25, 0.3) is 0 Å². The topological polar surface area (TPSA) is 75.6 Å². The average molecular weight is 431 g/mol. The largest absolute Gasteiger partial charge is 0.481 e. The minimum Gasteiger partial charge on any atom is -0.481 e. The first kappa shape index (κ1) is 15.7. The number of carbonyl (C=O) groups excluding carboxylic acids is 1. The van der Waals surface area contributed by atoms with Crippen molar-refractivity contribution < 1.29 is 19.4 Å². The zero-order valence-electron chi connectivity index (χ0n) is 11.3. The highest BCUT2D eigenvalue weighted by Crippen LogP contribution is 2.51. The second-order valence-electron chi connectivity index (χ2n) is 5.27. The molecule has 7 heteroatoms. The van der Waals surface area contributed by atoms with E-state index < -0.39 is 30.0 Å². The minimum absolute atomic E-state index is 0.305. The summed E-state index contributed by atoms with van der Waals surface area (Å²) in [7, 11) is 0. The van der Waals surface area contributed by atoms with Gasteiger partial charge in [-0.2, -0.15) is 0 Å². The lowest BCUT2D eigenvalue weighted by atomic mass is 9.82. The zero-order chi connectivity index (χ0) is 15.9. The first-order valence-electron chi connectivity index (χ1n) is 6.75. The first-order valence-corrected chi connectivity index (χ1v) is 8.34. The van der Waals surface area contributed by atoms with E-state index in [1.165, 1.54) is 0 Å².